The van der Waals surface area contributed by atoms with E-state index in [0.717, 1.165) is 16.5 Å². The molecule has 0 saturated carbocycles. The number of anilines is 1. The van der Waals surface area contributed by atoms with Gasteiger partial charge in [0.15, 0.2) is 0 Å². The Labute approximate surface area is 169 Å². The van der Waals surface area contributed by atoms with Crippen LogP contribution >= 0.6 is 39.0 Å². The van der Waals surface area contributed by atoms with Gasteiger partial charge in [0.25, 0.3) is 0 Å². The highest BCUT2D eigenvalue weighted by Gasteiger charge is 2.21. The average Bonchev–Trinajstić information content (AvgIpc) is 3.03. The van der Waals surface area contributed by atoms with Crippen molar-refractivity contribution in [1.29, 1.82) is 0 Å². The fourth-order valence-electron chi connectivity index (χ4n) is 2.44. The number of thioether (sulfide) groups is 1. The van der Waals surface area contributed by atoms with Crippen LogP contribution in [-0.4, -0.2) is 23.2 Å². The third-order valence-corrected chi connectivity index (χ3v) is 6.13. The summed E-state index contributed by atoms with van der Waals surface area (Å²) in [7, 11) is 0. The Morgan fingerprint density at radius 1 is 1.27 bits per heavy atom. The van der Waals surface area contributed by atoms with E-state index < -0.39 is 5.97 Å². The summed E-state index contributed by atoms with van der Waals surface area (Å²) in [5.74, 6) is -1.22. The molecule has 138 valence electrons. The van der Waals surface area contributed by atoms with Crippen molar-refractivity contribution in [2.75, 3.05) is 11.6 Å². The number of halogens is 1. The van der Waals surface area contributed by atoms with Crippen molar-refractivity contribution in [3.05, 3.63) is 50.7 Å². The fraction of sp³-hybridized carbons (Fsp3) is 0.263. The van der Waals surface area contributed by atoms with Crippen molar-refractivity contribution in [3.63, 3.8) is 0 Å². The molecule has 0 aliphatic rings. The van der Waals surface area contributed by atoms with Gasteiger partial charge >= 0.3 is 5.97 Å². The van der Waals surface area contributed by atoms with Crippen LogP contribution in [0.2, 0.25) is 0 Å². The van der Waals surface area contributed by atoms with Gasteiger partial charge in [-0.15, -0.1) is 23.1 Å². The number of thiophene rings is 1. The molecule has 0 fully saturated rings. The standard InChI is InChI=1S/C19H20BrNO3S2/c1-3-4-14(25-2)9-10-16(22)21-15-11-26-18(17(15)19(23)24)12-5-7-13(20)8-6-12/h4-8,11H,3,9-10H2,1-2H3,(H,21,22)(H,23,24)/b14-4-. The van der Waals surface area contributed by atoms with Crippen LogP contribution in [0.25, 0.3) is 10.4 Å². The third-order valence-electron chi connectivity index (χ3n) is 3.68. The molecule has 2 N–H and O–H groups in total. The molecular weight excluding hydrogens is 434 g/mol. The molecule has 0 saturated heterocycles. The van der Waals surface area contributed by atoms with E-state index in [1.54, 1.807) is 17.1 Å². The summed E-state index contributed by atoms with van der Waals surface area (Å²) in [5, 5.41) is 14.1. The second-order valence-corrected chi connectivity index (χ2v) is 8.22. The Morgan fingerprint density at radius 2 is 1.96 bits per heavy atom. The number of carbonyl (C=O) groups is 2. The van der Waals surface area contributed by atoms with Crippen LogP contribution < -0.4 is 5.32 Å². The summed E-state index contributed by atoms with van der Waals surface area (Å²) in [6, 6.07) is 7.44. The van der Waals surface area contributed by atoms with Gasteiger partial charge in [-0.25, -0.2) is 4.79 Å². The lowest BCUT2D eigenvalue weighted by atomic mass is 10.1. The summed E-state index contributed by atoms with van der Waals surface area (Å²) in [5.41, 5.74) is 1.31. The number of amides is 1. The van der Waals surface area contributed by atoms with Crippen molar-refractivity contribution < 1.29 is 14.7 Å². The van der Waals surface area contributed by atoms with Crippen LogP contribution in [0.5, 0.6) is 0 Å². The molecule has 0 aliphatic carbocycles. The first-order chi connectivity index (χ1) is 12.5. The van der Waals surface area contributed by atoms with Gasteiger partial charge in [0.05, 0.1) is 10.6 Å². The molecule has 2 aromatic rings. The van der Waals surface area contributed by atoms with Gasteiger partial charge in [-0.2, -0.15) is 0 Å². The zero-order valence-corrected chi connectivity index (χ0v) is 17.8. The molecule has 7 heteroatoms. The SMILES string of the molecule is CC/C=C(/CCC(=O)Nc1csc(-c2ccc(Br)cc2)c1C(=O)O)SC. The van der Waals surface area contributed by atoms with Crippen molar-refractivity contribution in [2.45, 2.75) is 26.2 Å². The van der Waals surface area contributed by atoms with Crippen LogP contribution in [0.1, 0.15) is 36.5 Å². The molecule has 1 aromatic heterocycles. The molecule has 1 aromatic carbocycles. The Kier molecular flexibility index (Phi) is 7.93. The smallest absolute Gasteiger partial charge is 0.339 e. The highest BCUT2D eigenvalue weighted by Crippen LogP contribution is 2.36. The summed E-state index contributed by atoms with van der Waals surface area (Å²) >= 11 is 6.33. The van der Waals surface area contributed by atoms with Crippen molar-refractivity contribution in [1.82, 2.24) is 0 Å². The number of carboxylic acid groups (broad SMARTS) is 1. The molecule has 0 radical (unpaired) electrons. The van der Waals surface area contributed by atoms with Gasteiger partial charge in [0, 0.05) is 16.3 Å². The second kappa shape index (κ2) is 9.94. The maximum Gasteiger partial charge on any atom is 0.339 e. The van der Waals surface area contributed by atoms with Crippen LogP contribution in [0.15, 0.2) is 45.1 Å². The molecule has 1 amide bonds. The molecule has 0 aliphatic heterocycles. The van der Waals surface area contributed by atoms with E-state index >= 15 is 0 Å². The van der Waals surface area contributed by atoms with Gasteiger partial charge in [-0.05, 0) is 41.7 Å². The quantitative estimate of drug-likeness (QED) is 0.495. The molecule has 0 spiro atoms. The van der Waals surface area contributed by atoms with Crippen LogP contribution in [0, 0.1) is 0 Å². The molecule has 2 rings (SSSR count). The number of hydrogen-bond donors (Lipinski definition) is 2. The second-order valence-electron chi connectivity index (χ2n) is 5.50. The first-order valence-corrected chi connectivity index (χ1v) is 11.0. The summed E-state index contributed by atoms with van der Waals surface area (Å²) in [6.07, 6.45) is 6.02. The molecule has 1 heterocycles. The zero-order chi connectivity index (χ0) is 19.1. The maximum atomic E-state index is 12.3. The lowest BCUT2D eigenvalue weighted by Gasteiger charge is -2.07. The Balaban J connectivity index is 2.17. The summed E-state index contributed by atoms with van der Waals surface area (Å²) in [6.45, 7) is 2.06. The fourth-order valence-corrected chi connectivity index (χ4v) is 4.34. The van der Waals surface area contributed by atoms with E-state index in [9.17, 15) is 14.7 Å². The van der Waals surface area contributed by atoms with Gasteiger partial charge in [0.1, 0.15) is 5.56 Å². The lowest BCUT2D eigenvalue weighted by molar-refractivity contribution is -0.116. The largest absolute Gasteiger partial charge is 0.478 e. The number of carboxylic acids is 1. The minimum absolute atomic E-state index is 0.139. The zero-order valence-electron chi connectivity index (χ0n) is 14.5. The average molecular weight is 454 g/mol. The lowest BCUT2D eigenvalue weighted by Crippen LogP contribution is -2.13. The summed E-state index contributed by atoms with van der Waals surface area (Å²) < 4.78 is 0.924. The number of nitrogens with one attached hydrogen (secondary N) is 1. The van der Waals surface area contributed by atoms with Gasteiger partial charge in [-0.1, -0.05) is 41.1 Å². The van der Waals surface area contributed by atoms with Crippen LogP contribution in [-0.2, 0) is 4.79 Å². The van der Waals surface area contributed by atoms with Crippen molar-refractivity contribution in [3.8, 4) is 10.4 Å². The third kappa shape index (κ3) is 5.46. The predicted molar refractivity (Wildman–Crippen MR) is 114 cm³/mol. The maximum absolute atomic E-state index is 12.3. The predicted octanol–water partition coefficient (Wildman–Crippen LogP) is 6.25. The van der Waals surface area contributed by atoms with Gasteiger partial charge in [0.2, 0.25) is 5.91 Å². The van der Waals surface area contributed by atoms with Crippen LogP contribution in [0.3, 0.4) is 0 Å². The first-order valence-electron chi connectivity index (χ1n) is 8.09. The van der Waals surface area contributed by atoms with E-state index in [0.29, 0.717) is 23.4 Å². The molecule has 0 atom stereocenters. The molecule has 0 bridgehead atoms. The highest BCUT2D eigenvalue weighted by molar-refractivity contribution is 9.10. The molecule has 26 heavy (non-hydrogen) atoms. The molecule has 4 nitrogen and oxygen atoms in total. The van der Waals surface area contributed by atoms with Crippen molar-refractivity contribution in [2.24, 2.45) is 0 Å². The minimum atomic E-state index is -1.05. The molecule has 0 unspecified atom stereocenters. The Bertz CT molecular complexity index is 813. The van der Waals surface area contributed by atoms with Crippen LogP contribution in [0.4, 0.5) is 5.69 Å². The van der Waals surface area contributed by atoms with Crippen molar-refractivity contribution >= 4 is 56.6 Å². The first kappa shape index (κ1) is 20.7. The minimum Gasteiger partial charge on any atom is -0.478 e. The Hall–Kier alpha value is -1.57. The van der Waals surface area contributed by atoms with E-state index in [2.05, 4.69) is 34.2 Å². The van der Waals surface area contributed by atoms with Gasteiger partial charge < -0.3 is 10.4 Å². The normalized spacial score (nSPS) is 11.4. The highest BCUT2D eigenvalue weighted by atomic mass is 79.9. The van der Waals surface area contributed by atoms with E-state index in [-0.39, 0.29) is 11.5 Å². The van der Waals surface area contributed by atoms with E-state index in [4.69, 9.17) is 0 Å². The van der Waals surface area contributed by atoms with E-state index in [1.165, 1.54) is 16.2 Å². The summed E-state index contributed by atoms with van der Waals surface area (Å²) in [4.78, 5) is 25.8. The number of rotatable bonds is 8. The monoisotopic (exact) mass is 453 g/mol. The number of hydrogen-bond acceptors (Lipinski definition) is 4. The Morgan fingerprint density at radius 3 is 2.54 bits per heavy atom. The number of carbonyl (C=O) groups excluding carboxylic acids is 1. The number of allylic oxidation sites excluding steroid dienone is 2. The van der Waals surface area contributed by atoms with E-state index in [1.807, 2.05) is 30.5 Å². The topological polar surface area (TPSA) is 66.4 Å². The number of aromatic carboxylic acids is 1. The molecular formula is C19H20BrNO3S2. The van der Waals surface area contributed by atoms with Gasteiger partial charge in [-0.3, -0.25) is 4.79 Å². The number of benzene rings is 1.